The molecule has 354 valence electrons. The van der Waals surface area contributed by atoms with Crippen molar-refractivity contribution in [3.05, 3.63) is 178 Å². The molecule has 0 radical (unpaired) electrons. The minimum absolute atomic E-state index is 0.00935. The first-order valence-electron chi connectivity index (χ1n) is 22.3. The van der Waals surface area contributed by atoms with Crippen molar-refractivity contribution < 1.29 is 43.8 Å². The molecular weight excluding hydrogens is 899 g/mol. The molecule has 8 N–H and O–H groups in total. The monoisotopic (exact) mass is 949 g/mol. The van der Waals surface area contributed by atoms with Crippen LogP contribution in [0, 0.1) is 0 Å². The molecule has 6 atom stereocenters. The van der Waals surface area contributed by atoms with E-state index in [9.17, 15) is 43.8 Å². The highest BCUT2D eigenvalue weighted by molar-refractivity contribution is 7.09. The normalized spacial score (nSPS) is 19.9. The Morgan fingerprint density at radius 3 is 1.77 bits per heavy atom. The van der Waals surface area contributed by atoms with Crippen LogP contribution in [0.4, 0.5) is 5.69 Å². The van der Waals surface area contributed by atoms with E-state index in [-0.39, 0.29) is 37.8 Å². The fourth-order valence-electron chi connectivity index (χ4n) is 7.78. The van der Waals surface area contributed by atoms with Crippen molar-refractivity contribution in [2.45, 2.75) is 74.8 Å². The molecule has 2 bridgehead atoms. The molecule has 0 saturated carbocycles. The number of benzene rings is 4. The highest BCUT2D eigenvalue weighted by atomic mass is 32.1. The number of nitrogens with zero attached hydrogens (tertiary/aromatic N) is 1. The van der Waals surface area contributed by atoms with Crippen molar-refractivity contribution in [1.29, 1.82) is 0 Å². The summed E-state index contributed by atoms with van der Waals surface area (Å²) in [6.07, 6.45) is 0.514. The first-order chi connectivity index (χ1) is 33.4. The Kier molecular flexibility index (Phi) is 16.7. The minimum atomic E-state index is -1.82. The van der Waals surface area contributed by atoms with Crippen LogP contribution in [-0.4, -0.2) is 92.9 Å². The van der Waals surface area contributed by atoms with Crippen molar-refractivity contribution in [2.24, 2.45) is 0 Å². The summed E-state index contributed by atoms with van der Waals surface area (Å²) in [7, 11) is 0. The number of carbonyl (C=O) groups is 7. The van der Waals surface area contributed by atoms with Crippen molar-refractivity contribution in [2.75, 3.05) is 5.32 Å². The number of hydrogen-bond acceptors (Lipinski definition) is 10. The van der Waals surface area contributed by atoms with Crippen LogP contribution in [-0.2, 0) is 65.7 Å². The van der Waals surface area contributed by atoms with Gasteiger partial charge in [0.2, 0.25) is 29.5 Å². The molecule has 16 nitrogen and oxygen atoms in total. The average Bonchev–Trinajstić information content (AvgIpc) is 3.87. The summed E-state index contributed by atoms with van der Waals surface area (Å²) in [5.74, 6) is -6.11. The van der Waals surface area contributed by atoms with Gasteiger partial charge in [0.25, 0.3) is 5.91 Å². The molecule has 0 aliphatic carbocycles. The van der Waals surface area contributed by atoms with E-state index in [2.05, 4.69) is 36.9 Å². The van der Waals surface area contributed by atoms with Crippen LogP contribution in [0.3, 0.4) is 0 Å². The molecule has 2 aromatic heterocycles. The Morgan fingerprint density at radius 2 is 1.17 bits per heavy atom. The zero-order valence-corrected chi connectivity index (χ0v) is 38.1. The third-order valence-electron chi connectivity index (χ3n) is 11.5. The van der Waals surface area contributed by atoms with Gasteiger partial charge in [-0.1, -0.05) is 103 Å². The number of aliphatic hydroxyl groups is 1. The molecule has 0 fully saturated rings. The fraction of sp³-hybridized carbons (Fsp3) is 0.231. The molecule has 6 amide bonds. The van der Waals surface area contributed by atoms with Gasteiger partial charge in [0, 0.05) is 55.1 Å². The number of hydrogen-bond donors (Lipinski definition) is 8. The van der Waals surface area contributed by atoms with Crippen LogP contribution in [0.2, 0.25) is 0 Å². The van der Waals surface area contributed by atoms with Crippen molar-refractivity contribution in [3.63, 3.8) is 0 Å². The predicted molar refractivity (Wildman–Crippen MR) is 258 cm³/mol. The van der Waals surface area contributed by atoms with Crippen LogP contribution in [0.25, 0.3) is 11.1 Å². The molecule has 17 heteroatoms. The third kappa shape index (κ3) is 14.2. The number of rotatable bonds is 12. The van der Waals surface area contributed by atoms with E-state index in [1.165, 1.54) is 23.5 Å². The first-order valence-corrected chi connectivity index (χ1v) is 23.2. The van der Waals surface area contributed by atoms with E-state index >= 15 is 0 Å². The lowest BCUT2D eigenvalue weighted by molar-refractivity contribution is -0.142. The second kappa shape index (κ2) is 23.6. The van der Waals surface area contributed by atoms with Crippen LogP contribution in [0.15, 0.2) is 151 Å². The summed E-state index contributed by atoms with van der Waals surface area (Å²) >= 11 is 1.34. The Balaban J connectivity index is 1.24. The maximum absolute atomic E-state index is 14.7. The third-order valence-corrected chi connectivity index (χ3v) is 12.4. The Bertz CT molecular complexity index is 2710. The second-order valence-corrected chi connectivity index (χ2v) is 17.6. The SMILES string of the molecule is O=C1CC(O)C(=O)Nc2ccc(cc2)CC(C(=O)NC(Cc2ccccc2)C(=O)O)NC(=O)C(Cc2ccccc2)NC(=O)C(Cc2ccc(-c3ccncc3)cc2)NC(=O)C(Cc2cccs2)N1. The second-order valence-electron chi connectivity index (χ2n) is 16.6. The fourth-order valence-corrected chi connectivity index (χ4v) is 8.53. The lowest BCUT2D eigenvalue weighted by Gasteiger charge is -2.27. The highest BCUT2D eigenvalue weighted by Crippen LogP contribution is 2.20. The van der Waals surface area contributed by atoms with Gasteiger partial charge in [-0.25, -0.2) is 4.79 Å². The zero-order valence-electron chi connectivity index (χ0n) is 37.2. The molecule has 8 rings (SSSR count). The molecule has 0 spiro atoms. The van der Waals surface area contributed by atoms with Gasteiger partial charge in [-0.3, -0.25) is 33.8 Å². The van der Waals surface area contributed by atoms with Crippen molar-refractivity contribution >= 4 is 58.4 Å². The molecule has 2 aliphatic heterocycles. The Hall–Kier alpha value is -8.02. The van der Waals surface area contributed by atoms with Gasteiger partial charge in [0.05, 0.1) is 6.42 Å². The van der Waals surface area contributed by atoms with E-state index in [1.807, 2.05) is 24.3 Å². The van der Waals surface area contributed by atoms with Gasteiger partial charge in [0.15, 0.2) is 0 Å². The number of aliphatic carboxylic acids is 1. The summed E-state index contributed by atoms with van der Waals surface area (Å²) in [5, 5.41) is 39.1. The molecule has 4 aromatic carbocycles. The van der Waals surface area contributed by atoms with E-state index in [4.69, 9.17) is 0 Å². The molecular formula is C52H51N7O9S. The lowest BCUT2D eigenvalue weighted by atomic mass is 9.99. The topological polar surface area (TPSA) is 245 Å². The summed E-state index contributed by atoms with van der Waals surface area (Å²) in [6, 6.07) is 31.6. The number of amides is 6. The van der Waals surface area contributed by atoms with Gasteiger partial charge in [0.1, 0.15) is 36.3 Å². The Labute approximate surface area is 402 Å². The van der Waals surface area contributed by atoms with Crippen molar-refractivity contribution in [1.82, 2.24) is 31.6 Å². The first kappa shape index (κ1) is 48.9. The number of thiophene rings is 1. The molecule has 0 saturated heterocycles. The zero-order chi connectivity index (χ0) is 48.7. The maximum atomic E-state index is 14.7. The Morgan fingerprint density at radius 1 is 0.609 bits per heavy atom. The number of carboxylic acids is 1. The number of anilines is 1. The smallest absolute Gasteiger partial charge is 0.326 e. The number of nitrogens with one attached hydrogen (secondary N) is 6. The largest absolute Gasteiger partial charge is 0.480 e. The molecule has 2 aliphatic rings. The van der Waals surface area contributed by atoms with Gasteiger partial charge in [-0.2, -0.15) is 0 Å². The van der Waals surface area contributed by atoms with Gasteiger partial charge >= 0.3 is 5.97 Å². The summed E-state index contributed by atoms with van der Waals surface area (Å²) < 4.78 is 0. The summed E-state index contributed by atoms with van der Waals surface area (Å²) in [6.45, 7) is 0. The number of aromatic nitrogens is 1. The van der Waals surface area contributed by atoms with E-state index < -0.39 is 84.1 Å². The van der Waals surface area contributed by atoms with Gasteiger partial charge in [-0.05, 0) is 69.1 Å². The number of carbonyl (C=O) groups excluding carboxylic acids is 6. The van der Waals surface area contributed by atoms with Crippen LogP contribution in [0.5, 0.6) is 0 Å². The minimum Gasteiger partial charge on any atom is -0.480 e. The van der Waals surface area contributed by atoms with Crippen LogP contribution >= 0.6 is 11.3 Å². The molecule has 69 heavy (non-hydrogen) atoms. The molecule has 4 heterocycles. The van der Waals surface area contributed by atoms with E-state index in [1.54, 1.807) is 115 Å². The standard InChI is InChI=1S/C52H51N7O9S/c60-45-31-46(61)55-43(30-39-12-7-25-69-39)50(65)58-41(27-34-13-17-36(18-14-34)37-21-23-53-24-22-37)48(63)56-40(26-32-8-3-1-4-9-32)47(62)57-42(28-35-15-19-38(20-16-35)54-51(45)66)49(64)59-44(52(67)68)29-33-10-5-2-6-11-33/h1-25,40-45,60H,26-31H2,(H,54,66)(H,55,61)(H,56,63)(H,57,62)(H,58,65)(H,59,64)(H,67,68). The maximum Gasteiger partial charge on any atom is 0.326 e. The average molecular weight is 950 g/mol. The quantitative estimate of drug-likeness (QED) is 0.0830. The molecule has 6 aromatic rings. The molecule has 6 unspecified atom stereocenters. The van der Waals surface area contributed by atoms with Gasteiger partial charge in [-0.15, -0.1) is 11.3 Å². The lowest BCUT2D eigenvalue weighted by Crippen LogP contribution is -2.60. The highest BCUT2D eigenvalue weighted by Gasteiger charge is 2.34. The number of carboxylic acid groups (broad SMARTS) is 1. The van der Waals surface area contributed by atoms with Gasteiger partial charge < -0.3 is 42.1 Å². The van der Waals surface area contributed by atoms with E-state index in [0.717, 1.165) is 16.0 Å². The number of aliphatic hydroxyl groups excluding tert-OH is 1. The summed E-state index contributed by atoms with van der Waals surface area (Å²) in [5.41, 5.74) is 4.47. The number of pyridine rings is 1. The van der Waals surface area contributed by atoms with Crippen LogP contribution < -0.4 is 31.9 Å². The number of fused-ring (bicyclic) bond motifs is 18. The van der Waals surface area contributed by atoms with E-state index in [0.29, 0.717) is 22.3 Å². The predicted octanol–water partition coefficient (Wildman–Crippen LogP) is 3.54. The van der Waals surface area contributed by atoms with Crippen molar-refractivity contribution in [3.8, 4) is 11.1 Å². The van der Waals surface area contributed by atoms with Crippen LogP contribution in [0.1, 0.15) is 33.6 Å². The summed E-state index contributed by atoms with van der Waals surface area (Å²) in [4.78, 5) is 102.